The molecule has 116 valence electrons. The molecule has 1 aromatic heterocycles. The first-order valence-electron chi connectivity index (χ1n) is 8.58. The second kappa shape index (κ2) is 6.35. The van der Waals surface area contributed by atoms with Gasteiger partial charge < -0.3 is 9.88 Å². The van der Waals surface area contributed by atoms with Crippen molar-refractivity contribution in [1.82, 2.24) is 9.88 Å². The van der Waals surface area contributed by atoms with Crippen LogP contribution in [0.5, 0.6) is 0 Å². The van der Waals surface area contributed by atoms with Gasteiger partial charge in [-0.1, -0.05) is 13.8 Å². The maximum atomic E-state index is 12.9. The monoisotopic (exact) mass is 288 g/mol. The molecule has 1 aromatic rings. The van der Waals surface area contributed by atoms with Crippen LogP contribution >= 0.6 is 0 Å². The predicted molar refractivity (Wildman–Crippen MR) is 85.6 cm³/mol. The van der Waals surface area contributed by atoms with Crippen molar-refractivity contribution >= 4 is 5.78 Å². The number of Topliss-reactive ketones (excluding diaryl/α,β-unsaturated/α-hetero) is 1. The van der Waals surface area contributed by atoms with Gasteiger partial charge in [0.05, 0.1) is 5.69 Å². The molecule has 1 saturated carbocycles. The Balaban J connectivity index is 1.74. The molecule has 2 heterocycles. The van der Waals surface area contributed by atoms with E-state index in [9.17, 15) is 4.79 Å². The van der Waals surface area contributed by atoms with Crippen LogP contribution in [0.2, 0.25) is 0 Å². The molecule has 3 atom stereocenters. The quantitative estimate of drug-likeness (QED) is 0.861. The number of hydrogen-bond donors (Lipinski definition) is 1. The molecule has 1 aliphatic carbocycles. The summed E-state index contributed by atoms with van der Waals surface area (Å²) in [5, 5.41) is 3.40. The summed E-state index contributed by atoms with van der Waals surface area (Å²) in [7, 11) is 0. The number of carbonyl (C=O) groups excluding carboxylic acids is 1. The van der Waals surface area contributed by atoms with Gasteiger partial charge in [0.15, 0.2) is 5.78 Å². The summed E-state index contributed by atoms with van der Waals surface area (Å²) in [4.78, 5) is 12.9. The first-order chi connectivity index (χ1) is 10.2. The van der Waals surface area contributed by atoms with Gasteiger partial charge in [0.25, 0.3) is 0 Å². The first kappa shape index (κ1) is 14.8. The standard InChI is InChI=1S/C18H28N2O/c1-13-5-6-15(12-14(13)2)18(21)17-4-3-11-20(17)16-7-9-19-10-8-16/h3-4,11,13-16,19H,5-10,12H2,1-2H3. The van der Waals surface area contributed by atoms with Crippen LogP contribution in [0.3, 0.4) is 0 Å². The van der Waals surface area contributed by atoms with Crippen LogP contribution < -0.4 is 5.32 Å². The molecule has 1 aliphatic heterocycles. The number of carbonyl (C=O) groups is 1. The first-order valence-corrected chi connectivity index (χ1v) is 8.58. The maximum absolute atomic E-state index is 12.9. The third-order valence-corrected chi connectivity index (χ3v) is 5.70. The van der Waals surface area contributed by atoms with E-state index in [0.717, 1.165) is 50.4 Å². The molecule has 1 saturated heterocycles. The Kier molecular flexibility index (Phi) is 4.48. The molecule has 0 spiro atoms. The minimum absolute atomic E-state index is 0.242. The highest BCUT2D eigenvalue weighted by Gasteiger charge is 2.31. The fourth-order valence-corrected chi connectivity index (χ4v) is 4.00. The van der Waals surface area contributed by atoms with Crippen LogP contribution in [0.25, 0.3) is 0 Å². The Bertz CT molecular complexity index is 487. The van der Waals surface area contributed by atoms with E-state index in [2.05, 4.69) is 29.9 Å². The van der Waals surface area contributed by atoms with Crippen LogP contribution in [0.1, 0.15) is 62.5 Å². The number of aromatic nitrogens is 1. The molecular formula is C18H28N2O. The van der Waals surface area contributed by atoms with E-state index in [1.165, 1.54) is 6.42 Å². The fraction of sp³-hybridized carbons (Fsp3) is 0.722. The van der Waals surface area contributed by atoms with Gasteiger partial charge in [-0.05, 0) is 69.2 Å². The van der Waals surface area contributed by atoms with Gasteiger partial charge in [-0.2, -0.15) is 0 Å². The molecule has 3 heteroatoms. The average molecular weight is 288 g/mol. The number of nitrogens with one attached hydrogen (secondary N) is 1. The van der Waals surface area contributed by atoms with Gasteiger partial charge in [0, 0.05) is 18.2 Å². The Morgan fingerprint density at radius 3 is 2.62 bits per heavy atom. The third kappa shape index (κ3) is 3.08. The van der Waals surface area contributed by atoms with Crippen molar-refractivity contribution in [3.05, 3.63) is 24.0 Å². The summed E-state index contributed by atoms with van der Waals surface area (Å²) in [6.07, 6.45) is 7.71. The van der Waals surface area contributed by atoms with E-state index in [0.29, 0.717) is 17.7 Å². The second-order valence-corrected chi connectivity index (χ2v) is 7.11. The number of nitrogens with zero attached hydrogens (tertiary/aromatic N) is 1. The fourth-order valence-electron chi connectivity index (χ4n) is 4.00. The lowest BCUT2D eigenvalue weighted by Crippen LogP contribution is -2.32. The van der Waals surface area contributed by atoms with Gasteiger partial charge >= 0.3 is 0 Å². The van der Waals surface area contributed by atoms with Crippen molar-refractivity contribution in [3.63, 3.8) is 0 Å². The molecule has 3 nitrogen and oxygen atoms in total. The molecule has 2 fully saturated rings. The topological polar surface area (TPSA) is 34.0 Å². The molecule has 3 rings (SSSR count). The highest BCUT2D eigenvalue weighted by Crippen LogP contribution is 2.35. The lowest BCUT2D eigenvalue weighted by Gasteiger charge is -2.32. The summed E-state index contributed by atoms with van der Waals surface area (Å²) in [5.41, 5.74) is 0.952. The average Bonchev–Trinajstić information content (AvgIpc) is 2.99. The van der Waals surface area contributed by atoms with Crippen LogP contribution in [-0.4, -0.2) is 23.4 Å². The van der Waals surface area contributed by atoms with Crippen molar-refractivity contribution in [2.75, 3.05) is 13.1 Å². The molecular weight excluding hydrogens is 260 g/mol. The van der Waals surface area contributed by atoms with Gasteiger partial charge in [-0.25, -0.2) is 0 Å². The zero-order chi connectivity index (χ0) is 14.8. The Morgan fingerprint density at radius 2 is 1.90 bits per heavy atom. The summed E-state index contributed by atoms with van der Waals surface area (Å²) in [6.45, 7) is 6.75. The van der Waals surface area contributed by atoms with Crippen molar-refractivity contribution in [2.24, 2.45) is 17.8 Å². The lowest BCUT2D eigenvalue weighted by molar-refractivity contribution is 0.0824. The number of ketones is 1. The second-order valence-electron chi connectivity index (χ2n) is 7.11. The number of hydrogen-bond acceptors (Lipinski definition) is 2. The van der Waals surface area contributed by atoms with Gasteiger partial charge in [-0.15, -0.1) is 0 Å². The summed E-state index contributed by atoms with van der Waals surface area (Å²) < 4.78 is 2.26. The molecule has 2 aliphatic rings. The van der Waals surface area contributed by atoms with Crippen molar-refractivity contribution < 1.29 is 4.79 Å². The Hall–Kier alpha value is -1.09. The highest BCUT2D eigenvalue weighted by molar-refractivity contribution is 5.96. The highest BCUT2D eigenvalue weighted by atomic mass is 16.1. The van der Waals surface area contributed by atoms with Crippen LogP contribution in [-0.2, 0) is 0 Å². The van der Waals surface area contributed by atoms with Gasteiger partial charge in [0.2, 0.25) is 0 Å². The summed E-state index contributed by atoms with van der Waals surface area (Å²) in [6, 6.07) is 4.58. The predicted octanol–water partition coefficient (Wildman–Crippen LogP) is 3.67. The minimum Gasteiger partial charge on any atom is -0.342 e. The van der Waals surface area contributed by atoms with E-state index in [4.69, 9.17) is 0 Å². The zero-order valence-corrected chi connectivity index (χ0v) is 13.3. The van der Waals surface area contributed by atoms with E-state index in [1.54, 1.807) is 0 Å². The molecule has 1 N–H and O–H groups in total. The maximum Gasteiger partial charge on any atom is 0.182 e. The van der Waals surface area contributed by atoms with Crippen molar-refractivity contribution in [2.45, 2.75) is 52.0 Å². The number of piperidine rings is 1. The van der Waals surface area contributed by atoms with Crippen LogP contribution in [0.15, 0.2) is 18.3 Å². The Labute approximate surface area is 128 Å². The molecule has 3 unspecified atom stereocenters. The smallest absolute Gasteiger partial charge is 0.182 e. The minimum atomic E-state index is 0.242. The summed E-state index contributed by atoms with van der Waals surface area (Å²) >= 11 is 0. The molecule has 0 radical (unpaired) electrons. The van der Waals surface area contributed by atoms with Gasteiger partial charge in [0.1, 0.15) is 0 Å². The van der Waals surface area contributed by atoms with Crippen LogP contribution in [0, 0.1) is 17.8 Å². The van der Waals surface area contributed by atoms with E-state index >= 15 is 0 Å². The summed E-state index contributed by atoms with van der Waals surface area (Å²) in [5.74, 6) is 2.07. The molecule has 21 heavy (non-hydrogen) atoms. The Morgan fingerprint density at radius 1 is 1.14 bits per heavy atom. The SMILES string of the molecule is CC1CCC(C(=O)c2cccn2C2CCNCC2)CC1C. The molecule has 0 amide bonds. The molecule has 0 bridgehead atoms. The lowest BCUT2D eigenvalue weighted by atomic mass is 9.74. The number of rotatable bonds is 3. The molecule has 0 aromatic carbocycles. The van der Waals surface area contributed by atoms with E-state index in [1.807, 2.05) is 12.1 Å². The van der Waals surface area contributed by atoms with E-state index in [-0.39, 0.29) is 5.92 Å². The van der Waals surface area contributed by atoms with Crippen molar-refractivity contribution in [3.8, 4) is 0 Å². The van der Waals surface area contributed by atoms with Gasteiger partial charge in [-0.3, -0.25) is 4.79 Å². The van der Waals surface area contributed by atoms with Crippen LogP contribution in [0.4, 0.5) is 0 Å². The third-order valence-electron chi connectivity index (χ3n) is 5.70. The van der Waals surface area contributed by atoms with Crippen molar-refractivity contribution in [1.29, 1.82) is 0 Å². The van der Waals surface area contributed by atoms with E-state index < -0.39 is 0 Å². The zero-order valence-electron chi connectivity index (χ0n) is 13.3. The normalized spacial score (nSPS) is 31.2. The largest absolute Gasteiger partial charge is 0.342 e.